The highest BCUT2D eigenvalue weighted by Gasteiger charge is 2.23. The van der Waals surface area contributed by atoms with Gasteiger partial charge in [-0.25, -0.2) is 4.79 Å². The first-order chi connectivity index (χ1) is 7.75. The second-order valence-electron chi connectivity index (χ2n) is 5.17. The molecule has 2 rings (SSSR count). The third kappa shape index (κ3) is 3.11. The van der Waals surface area contributed by atoms with Crippen molar-refractivity contribution < 1.29 is 4.79 Å². The molecule has 2 amide bonds. The molecular formula is C12H23N3O. The van der Waals surface area contributed by atoms with Gasteiger partial charge in [-0.05, 0) is 44.4 Å². The fourth-order valence-corrected chi connectivity index (χ4v) is 2.74. The molecule has 92 valence electrons. The first-order valence-corrected chi connectivity index (χ1v) is 6.54. The fraction of sp³-hybridized carbons (Fsp3) is 0.917. The summed E-state index contributed by atoms with van der Waals surface area (Å²) >= 11 is 0. The molecule has 0 aromatic rings. The van der Waals surface area contributed by atoms with Crippen molar-refractivity contribution in [3.8, 4) is 0 Å². The van der Waals surface area contributed by atoms with Gasteiger partial charge >= 0.3 is 6.03 Å². The number of urea groups is 1. The van der Waals surface area contributed by atoms with Crippen molar-refractivity contribution in [1.82, 2.24) is 10.2 Å². The highest BCUT2D eigenvalue weighted by atomic mass is 16.2. The zero-order valence-corrected chi connectivity index (χ0v) is 9.95. The molecule has 3 N–H and O–H groups in total. The van der Waals surface area contributed by atoms with E-state index in [4.69, 9.17) is 5.73 Å². The van der Waals surface area contributed by atoms with Crippen LogP contribution in [0.5, 0.6) is 0 Å². The molecule has 1 aliphatic carbocycles. The minimum absolute atomic E-state index is 0.125. The monoisotopic (exact) mass is 225 g/mol. The van der Waals surface area contributed by atoms with Crippen molar-refractivity contribution in [3.63, 3.8) is 0 Å². The second kappa shape index (κ2) is 5.53. The lowest BCUT2D eigenvalue weighted by atomic mass is 10.1. The maximum Gasteiger partial charge on any atom is 0.317 e. The van der Waals surface area contributed by atoms with Gasteiger partial charge in [0.05, 0.1) is 0 Å². The SMILES string of the molecule is NC1CCC(CNC(=O)N2CCCCC2)C1. The van der Waals surface area contributed by atoms with E-state index in [-0.39, 0.29) is 6.03 Å². The summed E-state index contributed by atoms with van der Waals surface area (Å²) < 4.78 is 0. The lowest BCUT2D eigenvalue weighted by molar-refractivity contribution is 0.184. The van der Waals surface area contributed by atoms with Crippen molar-refractivity contribution in [2.75, 3.05) is 19.6 Å². The summed E-state index contributed by atoms with van der Waals surface area (Å²) in [6.45, 7) is 2.66. The van der Waals surface area contributed by atoms with E-state index >= 15 is 0 Å². The maximum absolute atomic E-state index is 11.8. The van der Waals surface area contributed by atoms with Crippen LogP contribution in [0, 0.1) is 5.92 Å². The Kier molecular flexibility index (Phi) is 4.04. The number of hydrogen-bond acceptors (Lipinski definition) is 2. The molecule has 16 heavy (non-hydrogen) atoms. The lowest BCUT2D eigenvalue weighted by Crippen LogP contribution is -2.44. The van der Waals surface area contributed by atoms with Gasteiger partial charge in [-0.1, -0.05) is 0 Å². The van der Waals surface area contributed by atoms with E-state index in [1.165, 1.54) is 12.8 Å². The number of rotatable bonds is 2. The lowest BCUT2D eigenvalue weighted by Gasteiger charge is -2.27. The van der Waals surface area contributed by atoms with E-state index < -0.39 is 0 Å². The van der Waals surface area contributed by atoms with Gasteiger partial charge in [0.2, 0.25) is 0 Å². The molecule has 1 saturated carbocycles. The number of carbonyl (C=O) groups excluding carboxylic acids is 1. The van der Waals surface area contributed by atoms with E-state index in [0.717, 1.165) is 45.3 Å². The predicted octanol–water partition coefficient (Wildman–Crippen LogP) is 1.31. The van der Waals surface area contributed by atoms with E-state index in [1.54, 1.807) is 0 Å². The molecule has 0 radical (unpaired) electrons. The molecule has 0 bridgehead atoms. The zero-order chi connectivity index (χ0) is 11.4. The van der Waals surface area contributed by atoms with Crippen LogP contribution in [0.2, 0.25) is 0 Å². The van der Waals surface area contributed by atoms with E-state index in [2.05, 4.69) is 5.32 Å². The Balaban J connectivity index is 1.66. The van der Waals surface area contributed by atoms with Gasteiger partial charge in [-0.3, -0.25) is 0 Å². The molecule has 1 saturated heterocycles. The molecule has 0 aromatic heterocycles. The number of nitrogens with two attached hydrogens (primary N) is 1. The minimum atomic E-state index is 0.125. The Hall–Kier alpha value is -0.770. The molecular weight excluding hydrogens is 202 g/mol. The topological polar surface area (TPSA) is 58.4 Å². The number of likely N-dealkylation sites (tertiary alicyclic amines) is 1. The third-order valence-corrected chi connectivity index (χ3v) is 3.77. The summed E-state index contributed by atoms with van der Waals surface area (Å²) in [5.41, 5.74) is 5.85. The van der Waals surface area contributed by atoms with Gasteiger partial charge in [0.25, 0.3) is 0 Å². The molecule has 2 atom stereocenters. The van der Waals surface area contributed by atoms with Crippen LogP contribution < -0.4 is 11.1 Å². The van der Waals surface area contributed by atoms with Crippen molar-refractivity contribution in [3.05, 3.63) is 0 Å². The van der Waals surface area contributed by atoms with Crippen LogP contribution in [0.15, 0.2) is 0 Å². The highest BCUT2D eigenvalue weighted by molar-refractivity contribution is 5.74. The summed E-state index contributed by atoms with van der Waals surface area (Å²) in [6, 6.07) is 0.483. The molecule has 0 spiro atoms. The second-order valence-corrected chi connectivity index (χ2v) is 5.17. The van der Waals surface area contributed by atoms with E-state index in [1.807, 2.05) is 4.90 Å². The van der Waals surface area contributed by atoms with Crippen LogP contribution >= 0.6 is 0 Å². The molecule has 2 unspecified atom stereocenters. The predicted molar refractivity (Wildman–Crippen MR) is 64.1 cm³/mol. The first-order valence-electron chi connectivity index (χ1n) is 6.54. The molecule has 4 heteroatoms. The van der Waals surface area contributed by atoms with Gasteiger partial charge in [0.1, 0.15) is 0 Å². The Morgan fingerprint density at radius 3 is 2.62 bits per heavy atom. The quantitative estimate of drug-likeness (QED) is 0.744. The van der Waals surface area contributed by atoms with Crippen LogP contribution in [0.3, 0.4) is 0 Å². The van der Waals surface area contributed by atoms with Gasteiger partial charge in [0.15, 0.2) is 0 Å². The van der Waals surface area contributed by atoms with Crippen molar-refractivity contribution in [2.45, 2.75) is 44.6 Å². The Morgan fingerprint density at radius 1 is 1.25 bits per heavy atom. The average Bonchev–Trinajstić information content (AvgIpc) is 2.73. The number of nitrogens with one attached hydrogen (secondary N) is 1. The van der Waals surface area contributed by atoms with Crippen molar-refractivity contribution >= 4 is 6.03 Å². The summed E-state index contributed by atoms with van der Waals surface area (Å²) in [5, 5.41) is 3.05. The Bertz CT molecular complexity index is 238. The van der Waals surface area contributed by atoms with Crippen LogP contribution in [-0.4, -0.2) is 36.6 Å². The Labute approximate surface area is 97.6 Å². The molecule has 2 aliphatic rings. The van der Waals surface area contributed by atoms with Crippen LogP contribution in [0.4, 0.5) is 4.79 Å². The van der Waals surface area contributed by atoms with Gasteiger partial charge in [-0.2, -0.15) is 0 Å². The van der Waals surface area contributed by atoms with Crippen LogP contribution in [0.25, 0.3) is 0 Å². The van der Waals surface area contributed by atoms with Gasteiger partial charge in [0, 0.05) is 25.7 Å². The number of carbonyl (C=O) groups is 1. The maximum atomic E-state index is 11.8. The number of hydrogen-bond donors (Lipinski definition) is 2. The van der Waals surface area contributed by atoms with E-state index in [0.29, 0.717) is 12.0 Å². The summed E-state index contributed by atoms with van der Waals surface area (Å²) in [7, 11) is 0. The first kappa shape index (κ1) is 11.7. The highest BCUT2D eigenvalue weighted by Crippen LogP contribution is 2.23. The average molecular weight is 225 g/mol. The number of piperidine rings is 1. The standard InChI is InChI=1S/C12H23N3O/c13-11-5-4-10(8-11)9-14-12(16)15-6-2-1-3-7-15/h10-11H,1-9,13H2,(H,14,16). The third-order valence-electron chi connectivity index (χ3n) is 3.77. The van der Waals surface area contributed by atoms with Gasteiger partial charge in [-0.15, -0.1) is 0 Å². The number of nitrogens with zero attached hydrogens (tertiary/aromatic N) is 1. The Morgan fingerprint density at radius 2 is 2.00 bits per heavy atom. The summed E-state index contributed by atoms with van der Waals surface area (Å²) in [4.78, 5) is 13.8. The minimum Gasteiger partial charge on any atom is -0.338 e. The van der Waals surface area contributed by atoms with Crippen molar-refractivity contribution in [2.24, 2.45) is 11.7 Å². The van der Waals surface area contributed by atoms with Crippen LogP contribution in [-0.2, 0) is 0 Å². The molecule has 0 aromatic carbocycles. The summed E-state index contributed by atoms with van der Waals surface area (Å²) in [6.07, 6.45) is 6.93. The largest absolute Gasteiger partial charge is 0.338 e. The zero-order valence-electron chi connectivity index (χ0n) is 9.95. The van der Waals surface area contributed by atoms with Gasteiger partial charge < -0.3 is 16.0 Å². The molecule has 1 heterocycles. The van der Waals surface area contributed by atoms with Crippen LogP contribution in [0.1, 0.15) is 38.5 Å². The van der Waals surface area contributed by atoms with E-state index in [9.17, 15) is 4.79 Å². The number of amides is 2. The molecule has 2 fully saturated rings. The summed E-state index contributed by atoms with van der Waals surface area (Å²) in [5.74, 6) is 0.601. The molecule has 1 aliphatic heterocycles. The smallest absolute Gasteiger partial charge is 0.317 e. The normalized spacial score (nSPS) is 30.4. The fourth-order valence-electron chi connectivity index (χ4n) is 2.74. The molecule has 4 nitrogen and oxygen atoms in total. The van der Waals surface area contributed by atoms with Crippen molar-refractivity contribution in [1.29, 1.82) is 0 Å².